The smallest absolute Gasteiger partial charge is 0.348 e. The van der Waals surface area contributed by atoms with E-state index in [1.807, 2.05) is 67.9 Å². The molecular weight excluding hydrogens is 496 g/mol. The fraction of sp³-hybridized carbons (Fsp3) is 0.581. The molecule has 2 saturated carbocycles. The number of aromatic nitrogens is 1. The summed E-state index contributed by atoms with van der Waals surface area (Å²) in [6.45, 7) is 8.33. The van der Waals surface area contributed by atoms with Gasteiger partial charge in [-0.25, -0.2) is 9.36 Å². The summed E-state index contributed by atoms with van der Waals surface area (Å²) >= 11 is 1.17. The molecule has 6 nitrogen and oxygen atoms in total. The van der Waals surface area contributed by atoms with E-state index in [2.05, 4.69) is 18.8 Å². The van der Waals surface area contributed by atoms with E-state index in [9.17, 15) is 14.7 Å². The van der Waals surface area contributed by atoms with Crippen molar-refractivity contribution in [3.8, 4) is 17.6 Å². The van der Waals surface area contributed by atoms with Gasteiger partial charge in [-0.3, -0.25) is 4.79 Å². The second kappa shape index (κ2) is 11.9. The first-order valence-electron chi connectivity index (χ1n) is 13.9. The van der Waals surface area contributed by atoms with Crippen LogP contribution in [-0.4, -0.2) is 29.1 Å². The van der Waals surface area contributed by atoms with Crippen molar-refractivity contribution in [1.29, 1.82) is 0 Å². The molecule has 38 heavy (non-hydrogen) atoms. The summed E-state index contributed by atoms with van der Waals surface area (Å²) in [5.41, 5.74) is 0.320. The summed E-state index contributed by atoms with van der Waals surface area (Å²) < 4.78 is 8.21. The predicted octanol–water partition coefficient (Wildman–Crippen LogP) is 6.22. The molecule has 1 amide bonds. The van der Waals surface area contributed by atoms with Gasteiger partial charge >= 0.3 is 5.97 Å². The lowest BCUT2D eigenvalue weighted by Gasteiger charge is -2.39. The third kappa shape index (κ3) is 7.17. The maximum atomic E-state index is 14.1. The van der Waals surface area contributed by atoms with Gasteiger partial charge < -0.3 is 14.7 Å². The summed E-state index contributed by atoms with van der Waals surface area (Å²) in [5, 5.41) is 10.1. The fourth-order valence-corrected chi connectivity index (χ4v) is 6.24. The first-order chi connectivity index (χ1) is 18.0. The molecule has 0 aliphatic heterocycles. The van der Waals surface area contributed by atoms with Gasteiger partial charge in [-0.15, -0.1) is 11.3 Å². The molecule has 2 aliphatic rings. The van der Waals surface area contributed by atoms with Crippen LogP contribution in [0.3, 0.4) is 0 Å². The number of thiophene rings is 1. The van der Waals surface area contributed by atoms with Crippen LogP contribution in [0.25, 0.3) is 0 Å². The maximum absolute atomic E-state index is 14.1. The monoisotopic (exact) mass is 537 g/mol. The number of carbonyl (C=O) groups excluding carboxylic acids is 1. The zero-order chi connectivity index (χ0) is 27.4. The average Bonchev–Trinajstić information content (AvgIpc) is 3.30. The van der Waals surface area contributed by atoms with Crippen LogP contribution >= 0.6 is 11.3 Å². The number of ether oxygens (including phenoxy) is 1. The number of aromatic carboxylic acids is 1. The van der Waals surface area contributed by atoms with Crippen molar-refractivity contribution in [2.45, 2.75) is 91.2 Å². The van der Waals surface area contributed by atoms with Crippen molar-refractivity contribution >= 4 is 28.9 Å². The average molecular weight is 538 g/mol. The van der Waals surface area contributed by atoms with Crippen LogP contribution < -0.4 is 14.2 Å². The molecule has 7 heteroatoms. The number of nitrogens with zero attached hydrogens (tertiary/aromatic N) is 2. The van der Waals surface area contributed by atoms with E-state index in [4.69, 9.17) is 4.74 Å². The first kappa shape index (κ1) is 28.2. The Morgan fingerprint density at radius 3 is 2.26 bits per heavy atom. The van der Waals surface area contributed by atoms with Crippen LogP contribution in [0, 0.1) is 29.1 Å². The van der Waals surface area contributed by atoms with E-state index in [-0.39, 0.29) is 34.3 Å². The number of rotatable bonds is 6. The Labute approximate surface area is 231 Å². The van der Waals surface area contributed by atoms with Crippen LogP contribution in [0.4, 0.5) is 5.69 Å². The molecule has 0 saturated heterocycles. The van der Waals surface area contributed by atoms with Gasteiger partial charge in [0.1, 0.15) is 17.7 Å². The zero-order valence-corrected chi connectivity index (χ0v) is 24.1. The van der Waals surface area contributed by atoms with Gasteiger partial charge in [0, 0.05) is 29.5 Å². The summed E-state index contributed by atoms with van der Waals surface area (Å²) in [6, 6.07) is 5.72. The SMILES string of the molecule is C[n+]1ccc(O[C@H]2CC[C@H](N(c3cc(C#CC(C)(C)C)sc3C(=O)O)C(=O)[C@H]3CC[C@H](C)CC3)CC2)cc1. The highest BCUT2D eigenvalue weighted by molar-refractivity contribution is 7.15. The molecule has 4 rings (SSSR count). The van der Waals surface area contributed by atoms with Crippen molar-refractivity contribution < 1.29 is 24.0 Å². The van der Waals surface area contributed by atoms with Crippen molar-refractivity contribution in [2.75, 3.05) is 4.90 Å². The van der Waals surface area contributed by atoms with E-state index in [1.54, 1.807) is 0 Å². The largest absolute Gasteiger partial charge is 0.490 e. The number of aryl methyl sites for hydroxylation is 1. The molecule has 2 aromatic heterocycles. The van der Waals surface area contributed by atoms with Crippen LogP contribution in [0.15, 0.2) is 30.6 Å². The standard InChI is InChI=1S/C31H40N2O4S/c1-21-6-8-22(9-7-21)29(34)33(27-20-26(14-17-31(2,3)4)38-28(27)30(35)36)23-10-12-24(13-11-23)37-25-15-18-32(5)19-16-25/h15-16,18-24H,6-13H2,1-5H3/p+1/t21-,22-,23-,24-. The van der Waals surface area contributed by atoms with Crippen molar-refractivity contribution in [2.24, 2.45) is 24.3 Å². The summed E-state index contributed by atoms with van der Waals surface area (Å²) in [6.07, 6.45) is 11.0. The molecule has 2 heterocycles. The zero-order valence-electron chi connectivity index (χ0n) is 23.3. The number of amides is 1. The minimum atomic E-state index is -1.00. The molecule has 2 aromatic rings. The van der Waals surface area contributed by atoms with Crippen molar-refractivity contribution in [3.63, 3.8) is 0 Å². The van der Waals surface area contributed by atoms with Gasteiger partial charge in [0.05, 0.1) is 16.7 Å². The van der Waals surface area contributed by atoms with Gasteiger partial charge in [0.15, 0.2) is 12.4 Å². The van der Waals surface area contributed by atoms with E-state index in [0.717, 1.165) is 57.1 Å². The van der Waals surface area contributed by atoms with Crippen molar-refractivity contribution in [1.82, 2.24) is 0 Å². The molecule has 0 bridgehead atoms. The molecular formula is C31H41N2O4S+. The normalized spacial score (nSPS) is 23.7. The maximum Gasteiger partial charge on any atom is 0.348 e. The number of anilines is 1. The van der Waals surface area contributed by atoms with Crippen LogP contribution in [-0.2, 0) is 11.8 Å². The number of carboxylic acids is 1. The number of hydrogen-bond acceptors (Lipinski definition) is 4. The van der Waals surface area contributed by atoms with Gasteiger partial charge in [0.25, 0.3) is 0 Å². The Kier molecular flexibility index (Phi) is 8.82. The van der Waals surface area contributed by atoms with E-state index in [1.165, 1.54) is 11.3 Å². The molecule has 0 unspecified atom stereocenters. The van der Waals surface area contributed by atoms with Crippen LogP contribution in [0.1, 0.15) is 93.6 Å². The summed E-state index contributed by atoms with van der Waals surface area (Å²) in [5.74, 6) is 6.88. The molecule has 0 aromatic carbocycles. The Morgan fingerprint density at radius 1 is 1.05 bits per heavy atom. The third-order valence-corrected chi connectivity index (χ3v) is 8.62. The van der Waals surface area contributed by atoms with Crippen LogP contribution in [0.5, 0.6) is 5.75 Å². The fourth-order valence-electron chi connectivity index (χ4n) is 5.40. The Hall–Kier alpha value is -2.85. The highest BCUT2D eigenvalue weighted by Gasteiger charge is 2.37. The van der Waals surface area contributed by atoms with Gasteiger partial charge in [-0.1, -0.05) is 18.8 Å². The van der Waals surface area contributed by atoms with E-state index < -0.39 is 5.97 Å². The number of carbonyl (C=O) groups is 2. The molecule has 0 radical (unpaired) electrons. The molecule has 2 aliphatic carbocycles. The number of carboxylic acid groups (broad SMARTS) is 1. The first-order valence-corrected chi connectivity index (χ1v) is 14.7. The Morgan fingerprint density at radius 2 is 1.68 bits per heavy atom. The number of hydrogen-bond donors (Lipinski definition) is 1. The lowest BCUT2D eigenvalue weighted by atomic mass is 9.81. The second-order valence-electron chi connectivity index (χ2n) is 12.0. The molecule has 2 fully saturated rings. The molecule has 0 atom stereocenters. The van der Waals surface area contributed by atoms with Gasteiger partial charge in [0.2, 0.25) is 5.91 Å². The Bertz CT molecular complexity index is 1190. The lowest BCUT2D eigenvalue weighted by Crippen LogP contribution is -2.47. The summed E-state index contributed by atoms with van der Waals surface area (Å²) in [4.78, 5) is 29.2. The summed E-state index contributed by atoms with van der Waals surface area (Å²) in [7, 11) is 1.98. The van der Waals surface area contributed by atoms with E-state index >= 15 is 0 Å². The lowest BCUT2D eigenvalue weighted by molar-refractivity contribution is -0.671. The van der Waals surface area contributed by atoms with Gasteiger partial charge in [-0.2, -0.15) is 0 Å². The third-order valence-electron chi connectivity index (χ3n) is 7.59. The minimum Gasteiger partial charge on any atom is -0.490 e. The minimum absolute atomic E-state index is 0.0496. The Balaban J connectivity index is 1.60. The second-order valence-corrected chi connectivity index (χ2v) is 13.1. The quantitative estimate of drug-likeness (QED) is 0.351. The van der Waals surface area contributed by atoms with Crippen molar-refractivity contribution in [3.05, 3.63) is 40.3 Å². The van der Waals surface area contributed by atoms with Gasteiger partial charge in [-0.05, 0) is 84.1 Å². The predicted molar refractivity (Wildman–Crippen MR) is 151 cm³/mol. The van der Waals surface area contributed by atoms with Crippen LogP contribution in [0.2, 0.25) is 0 Å². The molecule has 1 N–H and O–H groups in total. The number of pyridine rings is 1. The highest BCUT2D eigenvalue weighted by Crippen LogP contribution is 2.39. The highest BCUT2D eigenvalue weighted by atomic mass is 32.1. The topological polar surface area (TPSA) is 70.7 Å². The van der Waals surface area contributed by atoms with E-state index in [0.29, 0.717) is 16.5 Å². The molecule has 204 valence electrons. The molecule has 0 spiro atoms.